The van der Waals surface area contributed by atoms with Gasteiger partial charge in [0.1, 0.15) is 24.3 Å². The second-order valence-corrected chi connectivity index (χ2v) is 10.4. The van der Waals surface area contributed by atoms with E-state index < -0.39 is 0 Å². The van der Waals surface area contributed by atoms with Crippen LogP contribution in [0.5, 0.6) is 0 Å². The molecule has 9 aromatic rings. The molecule has 188 valence electrons. The van der Waals surface area contributed by atoms with E-state index >= 15 is 0 Å². The highest BCUT2D eigenvalue weighted by Gasteiger charge is 2.24. The van der Waals surface area contributed by atoms with Crippen LogP contribution in [0.4, 0.5) is 0 Å². The molecule has 0 unspecified atom stereocenters. The lowest BCUT2D eigenvalue weighted by Crippen LogP contribution is -1.90. The summed E-state index contributed by atoms with van der Waals surface area (Å²) < 4.78 is 0. The van der Waals surface area contributed by atoms with Crippen LogP contribution in [-0.4, -0.2) is 19.9 Å². The third-order valence-corrected chi connectivity index (χ3v) is 8.39. The fourth-order valence-electron chi connectivity index (χ4n) is 6.66. The van der Waals surface area contributed by atoms with Crippen LogP contribution in [0, 0.1) is 45.3 Å². The zero-order valence-corrected chi connectivity index (χ0v) is 21.5. The maximum atomic E-state index is 9.62. The second-order valence-electron chi connectivity index (χ2n) is 10.4. The summed E-state index contributed by atoms with van der Waals surface area (Å²) in [5, 5.41) is 46.6. The second kappa shape index (κ2) is 7.46. The van der Waals surface area contributed by atoms with Gasteiger partial charge in [0, 0.05) is 32.3 Å². The molecule has 8 heteroatoms. The fourth-order valence-corrected chi connectivity index (χ4v) is 6.66. The molecule has 42 heavy (non-hydrogen) atoms. The summed E-state index contributed by atoms with van der Waals surface area (Å²) in [6, 6.07) is 27.5. The molecule has 9 rings (SSSR count). The number of aromatic amines is 2. The number of fused-ring (bicyclic) bond motifs is 10. The van der Waals surface area contributed by atoms with Crippen molar-refractivity contribution in [1.82, 2.24) is 19.9 Å². The van der Waals surface area contributed by atoms with Crippen LogP contribution in [0.3, 0.4) is 0 Å². The van der Waals surface area contributed by atoms with Crippen molar-refractivity contribution < 1.29 is 0 Å². The Labute approximate surface area is 235 Å². The summed E-state index contributed by atoms with van der Waals surface area (Å²) in [7, 11) is 0. The van der Waals surface area contributed by atoms with E-state index in [-0.39, 0.29) is 5.56 Å². The zero-order valence-electron chi connectivity index (χ0n) is 21.5. The standard InChI is InChI=1S/C34H12N8/c35-11-15-7-23-25(9-17(15)13-37)42-34-30-20-4-2-6-22-28(20)29(19-3-1-5-21(27(19)30)31(34)39-23)33-32(22)40-24-8-16(12-36)18(14-38)10-26(24)41-33/h1-10,39,41H. The molecule has 2 aromatic heterocycles. The molecule has 0 bridgehead atoms. The molecule has 0 radical (unpaired) electrons. The Morgan fingerprint density at radius 2 is 0.952 bits per heavy atom. The Morgan fingerprint density at radius 1 is 0.476 bits per heavy atom. The highest BCUT2D eigenvalue weighted by Crippen LogP contribution is 2.49. The summed E-state index contributed by atoms with van der Waals surface area (Å²) in [6.07, 6.45) is 0. The third-order valence-electron chi connectivity index (χ3n) is 8.39. The van der Waals surface area contributed by atoms with Crippen molar-refractivity contribution in [3.8, 4) is 24.3 Å². The van der Waals surface area contributed by atoms with E-state index in [0.29, 0.717) is 38.8 Å². The number of H-pyrrole nitrogens is 2. The van der Waals surface area contributed by atoms with Gasteiger partial charge in [-0.2, -0.15) is 21.0 Å². The van der Waals surface area contributed by atoms with Crippen molar-refractivity contribution in [2.75, 3.05) is 0 Å². The quantitative estimate of drug-likeness (QED) is 0.196. The van der Waals surface area contributed by atoms with E-state index in [1.54, 1.807) is 24.3 Å². The molecule has 0 atom stereocenters. The summed E-state index contributed by atoms with van der Waals surface area (Å²) in [6.45, 7) is 0. The van der Waals surface area contributed by atoms with Crippen LogP contribution in [-0.2, 0) is 0 Å². The van der Waals surface area contributed by atoms with Gasteiger partial charge in [0.2, 0.25) is 0 Å². The summed E-state index contributed by atoms with van der Waals surface area (Å²) in [5.74, 6) is 0. The first kappa shape index (κ1) is 22.1. The Hall–Kier alpha value is -6.74. The van der Waals surface area contributed by atoms with Gasteiger partial charge in [-0.05, 0) is 35.0 Å². The van der Waals surface area contributed by atoms with Crippen LogP contribution < -0.4 is 0 Å². The highest BCUT2D eigenvalue weighted by molar-refractivity contribution is 6.46. The zero-order chi connectivity index (χ0) is 28.3. The number of hydrogen-bond donors (Lipinski definition) is 2. The molecule has 0 aliphatic rings. The molecule has 0 saturated carbocycles. The van der Waals surface area contributed by atoms with Crippen LogP contribution >= 0.6 is 0 Å². The lowest BCUT2D eigenvalue weighted by atomic mass is 9.96. The number of aromatic nitrogens is 4. The smallest absolute Gasteiger partial charge is 0.101 e. The molecule has 2 heterocycles. The number of rotatable bonds is 0. The van der Waals surface area contributed by atoms with Gasteiger partial charge in [-0.1, -0.05) is 36.4 Å². The van der Waals surface area contributed by atoms with Crippen molar-refractivity contribution in [3.63, 3.8) is 0 Å². The number of benzene rings is 5. The monoisotopic (exact) mass is 532 g/mol. The fraction of sp³-hybridized carbons (Fsp3) is 0. The van der Waals surface area contributed by atoms with E-state index in [4.69, 9.17) is 9.97 Å². The number of nitrogens with zero attached hydrogens (tertiary/aromatic N) is 6. The molecule has 0 aliphatic carbocycles. The van der Waals surface area contributed by atoms with Gasteiger partial charge in [0.05, 0.1) is 66.4 Å². The van der Waals surface area contributed by atoms with Gasteiger partial charge in [0.25, 0.3) is 0 Å². The summed E-state index contributed by atoms with van der Waals surface area (Å²) in [5.41, 5.74) is 7.09. The minimum absolute atomic E-state index is 0.287. The molecule has 7 aromatic carbocycles. The van der Waals surface area contributed by atoms with Gasteiger partial charge in [-0.25, -0.2) is 9.97 Å². The molecular formula is C34H12N8. The lowest BCUT2D eigenvalue weighted by Gasteiger charge is -2.07. The molecule has 0 amide bonds. The van der Waals surface area contributed by atoms with Crippen molar-refractivity contribution in [1.29, 1.82) is 21.0 Å². The first-order chi connectivity index (χ1) is 20.6. The SMILES string of the molecule is N#Cc1cc2nc3c([nH]c2cc1C#N)c1cccc2c1c3c1cccc3c4nc5cc(C#N)c(C#N)cc5[nH]c4c2c31. The van der Waals surface area contributed by atoms with Crippen molar-refractivity contribution in [2.24, 2.45) is 0 Å². The van der Waals surface area contributed by atoms with Crippen molar-refractivity contribution >= 4 is 87.2 Å². The topological polar surface area (TPSA) is 153 Å². The normalized spacial score (nSPS) is 11.7. The molecular weight excluding hydrogens is 520 g/mol. The summed E-state index contributed by atoms with van der Waals surface area (Å²) in [4.78, 5) is 17.2. The Bertz CT molecular complexity index is 2690. The Balaban J connectivity index is 1.53. The lowest BCUT2D eigenvalue weighted by molar-refractivity contribution is 1.39. The van der Waals surface area contributed by atoms with E-state index in [1.807, 2.05) is 12.1 Å². The minimum atomic E-state index is 0.287. The van der Waals surface area contributed by atoms with E-state index in [1.165, 1.54) is 0 Å². The van der Waals surface area contributed by atoms with Crippen LogP contribution in [0.1, 0.15) is 22.3 Å². The number of nitrogens with one attached hydrogen (secondary N) is 2. The molecule has 0 saturated heterocycles. The van der Waals surface area contributed by atoms with Crippen LogP contribution in [0.15, 0.2) is 60.7 Å². The van der Waals surface area contributed by atoms with E-state index in [2.05, 4.69) is 58.5 Å². The maximum Gasteiger partial charge on any atom is 0.101 e. The van der Waals surface area contributed by atoms with E-state index in [0.717, 1.165) is 65.2 Å². The Kier molecular flexibility index (Phi) is 3.93. The molecule has 8 nitrogen and oxygen atoms in total. The largest absolute Gasteiger partial charge is 0.351 e. The molecule has 0 spiro atoms. The highest BCUT2D eigenvalue weighted by atomic mass is 14.8. The maximum absolute atomic E-state index is 9.62. The third kappa shape index (κ3) is 2.52. The number of nitriles is 4. The average Bonchev–Trinajstić information content (AvgIpc) is 3.53. The number of hydrogen-bond acceptors (Lipinski definition) is 6. The first-order valence-electron chi connectivity index (χ1n) is 13.1. The summed E-state index contributed by atoms with van der Waals surface area (Å²) >= 11 is 0. The minimum Gasteiger partial charge on any atom is -0.351 e. The van der Waals surface area contributed by atoms with Gasteiger partial charge >= 0.3 is 0 Å². The predicted octanol–water partition coefficient (Wildman–Crippen LogP) is 7.28. The molecule has 0 fully saturated rings. The predicted molar refractivity (Wildman–Crippen MR) is 161 cm³/mol. The van der Waals surface area contributed by atoms with Gasteiger partial charge < -0.3 is 9.97 Å². The van der Waals surface area contributed by atoms with Gasteiger partial charge in [0.15, 0.2) is 0 Å². The molecule has 0 aliphatic heterocycles. The van der Waals surface area contributed by atoms with Gasteiger partial charge in [-0.15, -0.1) is 0 Å². The van der Waals surface area contributed by atoms with Crippen molar-refractivity contribution in [2.45, 2.75) is 0 Å². The molecule has 2 N–H and O–H groups in total. The Morgan fingerprint density at radius 3 is 1.57 bits per heavy atom. The average molecular weight is 533 g/mol. The van der Waals surface area contributed by atoms with Gasteiger partial charge in [-0.3, -0.25) is 0 Å². The van der Waals surface area contributed by atoms with Crippen LogP contribution in [0.2, 0.25) is 0 Å². The van der Waals surface area contributed by atoms with Crippen molar-refractivity contribution in [3.05, 3.63) is 82.9 Å². The van der Waals surface area contributed by atoms with Crippen LogP contribution in [0.25, 0.3) is 87.2 Å². The van der Waals surface area contributed by atoms with E-state index in [9.17, 15) is 21.0 Å². The first-order valence-corrected chi connectivity index (χ1v) is 13.1.